The normalized spacial score (nSPS) is 13.9. The van der Waals surface area contributed by atoms with Crippen molar-refractivity contribution in [3.05, 3.63) is 33.1 Å². The lowest BCUT2D eigenvalue weighted by atomic mass is 10.1. The third-order valence-corrected chi connectivity index (χ3v) is 6.16. The molecule has 4 N–H and O–H groups in total. The van der Waals surface area contributed by atoms with Crippen LogP contribution in [0.25, 0.3) is 21.5 Å². The Labute approximate surface area is 170 Å². The molecule has 27 heavy (non-hydrogen) atoms. The van der Waals surface area contributed by atoms with E-state index >= 15 is 0 Å². The number of likely N-dealkylation sites (N-methyl/N-ethyl adjacent to an activating group) is 1. The Morgan fingerprint density at radius 2 is 2.07 bits per heavy atom. The highest BCUT2D eigenvalue weighted by Gasteiger charge is 2.25. The largest absolute Gasteiger partial charge is 0.397 e. The molecule has 0 atom stereocenters. The zero-order valence-corrected chi connectivity index (χ0v) is 16.8. The van der Waals surface area contributed by atoms with Crippen molar-refractivity contribution in [3.8, 4) is 11.3 Å². The Balaban J connectivity index is 1.92. The van der Waals surface area contributed by atoms with Crippen molar-refractivity contribution in [1.82, 2.24) is 15.3 Å². The first-order valence-electron chi connectivity index (χ1n) is 8.47. The molecule has 2 heterocycles. The topological polar surface area (TPSA) is 92.9 Å². The standard InChI is InChI=1S/C18H17Cl2N5OS/c1-22-7-12(26)16-14(21)13-15(8-2-5-10(19)11(20)6-8)24-18(23-9-3-4-9)25-17(13)27-16/h2,5-6,9,22H,3-4,7,21H2,1H3,(H,23,24,25). The number of halogens is 2. The van der Waals surface area contributed by atoms with E-state index in [1.54, 1.807) is 19.2 Å². The van der Waals surface area contributed by atoms with Gasteiger partial charge in [-0.25, -0.2) is 9.97 Å². The van der Waals surface area contributed by atoms with Gasteiger partial charge in [-0.05, 0) is 32.0 Å². The molecule has 2 aromatic heterocycles. The fourth-order valence-electron chi connectivity index (χ4n) is 2.80. The van der Waals surface area contributed by atoms with E-state index in [-0.39, 0.29) is 12.3 Å². The fraction of sp³-hybridized carbons (Fsp3) is 0.278. The van der Waals surface area contributed by atoms with Gasteiger partial charge in [0, 0.05) is 11.6 Å². The molecule has 0 amide bonds. The minimum Gasteiger partial charge on any atom is -0.397 e. The number of nitrogens with two attached hydrogens (primary N) is 1. The Morgan fingerprint density at radius 3 is 2.74 bits per heavy atom. The predicted octanol–water partition coefficient (Wildman–Crippen LogP) is 4.22. The van der Waals surface area contributed by atoms with Crippen LogP contribution in [-0.2, 0) is 0 Å². The number of nitrogens with one attached hydrogen (secondary N) is 2. The van der Waals surface area contributed by atoms with Crippen molar-refractivity contribution < 1.29 is 4.79 Å². The van der Waals surface area contributed by atoms with E-state index < -0.39 is 0 Å². The predicted molar refractivity (Wildman–Crippen MR) is 112 cm³/mol. The number of thiophene rings is 1. The van der Waals surface area contributed by atoms with E-state index in [0.717, 1.165) is 18.4 Å². The maximum atomic E-state index is 12.4. The van der Waals surface area contributed by atoms with E-state index in [9.17, 15) is 4.79 Å². The molecular weight excluding hydrogens is 405 g/mol. The summed E-state index contributed by atoms with van der Waals surface area (Å²) in [4.78, 5) is 22.8. The number of nitrogen functional groups attached to an aromatic ring is 1. The van der Waals surface area contributed by atoms with Crippen LogP contribution in [0.1, 0.15) is 22.5 Å². The number of nitrogens with zero attached hydrogens (tertiary/aromatic N) is 2. The van der Waals surface area contributed by atoms with Crippen LogP contribution in [0.2, 0.25) is 10.0 Å². The molecule has 1 aliphatic carbocycles. The lowest BCUT2D eigenvalue weighted by Crippen LogP contribution is -2.18. The molecule has 0 saturated heterocycles. The van der Waals surface area contributed by atoms with Gasteiger partial charge in [0.05, 0.1) is 38.2 Å². The monoisotopic (exact) mass is 421 g/mol. The third kappa shape index (κ3) is 3.60. The Bertz CT molecular complexity index is 1050. The molecule has 0 spiro atoms. The molecule has 3 aromatic rings. The molecule has 1 saturated carbocycles. The van der Waals surface area contributed by atoms with Crippen molar-refractivity contribution in [2.45, 2.75) is 18.9 Å². The van der Waals surface area contributed by atoms with Crippen LogP contribution < -0.4 is 16.4 Å². The highest BCUT2D eigenvalue weighted by Crippen LogP contribution is 2.40. The summed E-state index contributed by atoms with van der Waals surface area (Å²) in [7, 11) is 1.72. The van der Waals surface area contributed by atoms with E-state index in [0.29, 0.717) is 48.5 Å². The SMILES string of the molecule is CNCC(=O)c1sc2nc(NC3CC3)nc(-c3ccc(Cl)c(Cl)c3)c2c1N. The number of hydrogen-bond donors (Lipinski definition) is 3. The van der Waals surface area contributed by atoms with Crippen molar-refractivity contribution in [2.24, 2.45) is 0 Å². The molecule has 0 bridgehead atoms. The third-order valence-electron chi connectivity index (χ3n) is 4.28. The number of fused-ring (bicyclic) bond motifs is 1. The average molecular weight is 422 g/mol. The van der Waals surface area contributed by atoms with Crippen LogP contribution in [-0.4, -0.2) is 35.4 Å². The van der Waals surface area contributed by atoms with Gasteiger partial charge in [-0.3, -0.25) is 4.79 Å². The van der Waals surface area contributed by atoms with Gasteiger partial charge in [0.15, 0.2) is 5.78 Å². The molecular formula is C18H17Cl2N5OS. The summed E-state index contributed by atoms with van der Waals surface area (Å²) in [5.74, 6) is 0.453. The molecule has 0 aliphatic heterocycles. The average Bonchev–Trinajstić information content (AvgIpc) is 3.38. The first-order chi connectivity index (χ1) is 13.0. The fourth-order valence-corrected chi connectivity index (χ4v) is 4.13. The first kappa shape index (κ1) is 18.4. The Hall–Kier alpha value is -1.93. The van der Waals surface area contributed by atoms with E-state index in [1.807, 2.05) is 6.07 Å². The van der Waals surface area contributed by atoms with Gasteiger partial charge in [-0.15, -0.1) is 11.3 Å². The van der Waals surface area contributed by atoms with Crippen molar-refractivity contribution >= 4 is 62.2 Å². The second kappa shape index (κ2) is 7.24. The second-order valence-corrected chi connectivity index (χ2v) is 8.24. The number of benzene rings is 1. The highest BCUT2D eigenvalue weighted by atomic mass is 35.5. The van der Waals surface area contributed by atoms with Crippen molar-refractivity contribution in [3.63, 3.8) is 0 Å². The Kier molecular flexibility index (Phi) is 4.94. The molecule has 1 aliphatic rings. The molecule has 1 aromatic carbocycles. The van der Waals surface area contributed by atoms with Gasteiger partial charge < -0.3 is 16.4 Å². The summed E-state index contributed by atoms with van der Waals surface area (Å²) in [5, 5.41) is 7.74. The maximum absolute atomic E-state index is 12.4. The van der Waals surface area contributed by atoms with Crippen LogP contribution in [0.3, 0.4) is 0 Å². The zero-order valence-electron chi connectivity index (χ0n) is 14.5. The molecule has 4 rings (SSSR count). The molecule has 6 nitrogen and oxygen atoms in total. The summed E-state index contributed by atoms with van der Waals surface area (Å²) < 4.78 is 0. The molecule has 0 radical (unpaired) electrons. The molecule has 0 unspecified atom stereocenters. The number of hydrogen-bond acceptors (Lipinski definition) is 7. The Morgan fingerprint density at radius 1 is 1.30 bits per heavy atom. The van der Waals surface area contributed by atoms with E-state index in [4.69, 9.17) is 28.9 Å². The van der Waals surface area contributed by atoms with Gasteiger partial charge in [0.2, 0.25) is 5.95 Å². The van der Waals surface area contributed by atoms with Crippen molar-refractivity contribution in [1.29, 1.82) is 0 Å². The zero-order chi connectivity index (χ0) is 19.1. The molecule has 9 heteroatoms. The smallest absolute Gasteiger partial charge is 0.224 e. The van der Waals surface area contributed by atoms with E-state index in [2.05, 4.69) is 20.6 Å². The van der Waals surface area contributed by atoms with Crippen molar-refractivity contribution in [2.75, 3.05) is 24.6 Å². The number of anilines is 2. The quantitative estimate of drug-likeness (QED) is 0.515. The number of carbonyl (C=O) groups excluding carboxylic acids is 1. The van der Waals surface area contributed by atoms with Crippen LogP contribution >= 0.6 is 34.5 Å². The van der Waals surface area contributed by atoms with Crippen LogP contribution in [0.15, 0.2) is 18.2 Å². The summed E-state index contributed by atoms with van der Waals surface area (Å²) in [6.07, 6.45) is 2.20. The van der Waals surface area contributed by atoms with Crippen LogP contribution in [0.4, 0.5) is 11.6 Å². The molecule has 140 valence electrons. The summed E-state index contributed by atoms with van der Waals surface area (Å²) in [5.41, 5.74) is 8.15. The number of carbonyl (C=O) groups is 1. The highest BCUT2D eigenvalue weighted by molar-refractivity contribution is 7.21. The first-order valence-corrected chi connectivity index (χ1v) is 10.0. The van der Waals surface area contributed by atoms with Gasteiger partial charge in [-0.2, -0.15) is 0 Å². The lowest BCUT2D eigenvalue weighted by Gasteiger charge is -2.09. The number of aromatic nitrogens is 2. The van der Waals surface area contributed by atoms with Gasteiger partial charge in [0.25, 0.3) is 0 Å². The van der Waals surface area contributed by atoms with E-state index in [1.165, 1.54) is 11.3 Å². The summed E-state index contributed by atoms with van der Waals surface area (Å²) >= 11 is 13.5. The second-order valence-electron chi connectivity index (χ2n) is 6.42. The minimum atomic E-state index is -0.0743. The van der Waals surface area contributed by atoms with Gasteiger partial charge in [0.1, 0.15) is 4.83 Å². The van der Waals surface area contributed by atoms with Crippen LogP contribution in [0.5, 0.6) is 0 Å². The van der Waals surface area contributed by atoms with Crippen LogP contribution in [0, 0.1) is 0 Å². The molecule has 1 fully saturated rings. The lowest BCUT2D eigenvalue weighted by molar-refractivity contribution is 0.0998. The van der Waals surface area contributed by atoms with Gasteiger partial charge >= 0.3 is 0 Å². The minimum absolute atomic E-state index is 0.0743. The number of ketones is 1. The summed E-state index contributed by atoms with van der Waals surface area (Å²) in [6.45, 7) is 0.208. The maximum Gasteiger partial charge on any atom is 0.224 e. The summed E-state index contributed by atoms with van der Waals surface area (Å²) in [6, 6.07) is 5.70. The van der Waals surface area contributed by atoms with Gasteiger partial charge in [-0.1, -0.05) is 29.3 Å². The number of rotatable bonds is 6. The number of Topliss-reactive ketones (excluding diaryl/α,β-unsaturated/α-hetero) is 1.